The Bertz CT molecular complexity index is 280. The van der Waals surface area contributed by atoms with E-state index in [1.54, 1.807) is 4.72 Å². The van der Waals surface area contributed by atoms with E-state index >= 15 is 0 Å². The lowest BCUT2D eigenvalue weighted by molar-refractivity contribution is -0.167. The van der Waals surface area contributed by atoms with Gasteiger partial charge in [-0.05, 0) is 20.8 Å². The second-order valence-corrected chi connectivity index (χ2v) is 6.38. The summed E-state index contributed by atoms with van der Waals surface area (Å²) in [5, 5.41) is 8.47. The van der Waals surface area contributed by atoms with Gasteiger partial charge in [-0.25, -0.2) is 0 Å². The molecule has 4 N–H and O–H groups in total. The molecule has 0 amide bonds. The van der Waals surface area contributed by atoms with Crippen molar-refractivity contribution in [1.82, 2.24) is 4.72 Å². The molecule has 0 radical (unpaired) electrons. The molecule has 0 heterocycles. The highest BCUT2D eigenvalue weighted by atomic mass is 32.2. The molecule has 0 aliphatic rings. The van der Waals surface area contributed by atoms with Gasteiger partial charge in [-0.1, -0.05) is 0 Å². The summed E-state index contributed by atoms with van der Waals surface area (Å²) in [7, 11) is 0. The molecule has 9 heteroatoms. The van der Waals surface area contributed by atoms with Crippen LogP contribution in [0.4, 0.5) is 13.2 Å². The molecular weight excluding hydrogens is 261 g/mol. The van der Waals surface area contributed by atoms with Gasteiger partial charge in [0.15, 0.2) is 6.04 Å². The van der Waals surface area contributed by atoms with E-state index in [0.717, 1.165) is 0 Å². The van der Waals surface area contributed by atoms with Gasteiger partial charge >= 0.3 is 12.1 Å². The number of carboxylic acid groups (broad SMARTS) is 1. The molecule has 0 saturated carbocycles. The Morgan fingerprint density at radius 2 is 1.82 bits per heavy atom. The first-order valence-corrected chi connectivity index (χ1v) is 5.75. The fraction of sp³-hybridized carbons (Fsp3) is 0.875. The first-order valence-electron chi connectivity index (χ1n) is 4.60. The normalized spacial score (nSPS) is 18.6. The second-order valence-electron chi connectivity index (χ2n) is 4.38. The molecule has 102 valence electrons. The van der Waals surface area contributed by atoms with Crippen molar-refractivity contribution in [2.75, 3.05) is 0 Å². The average Bonchev–Trinajstić information content (AvgIpc) is 2.08. The molecule has 0 rings (SSSR count). The number of nitrogens with two attached hydrogens (primary N) is 1. The fourth-order valence-electron chi connectivity index (χ4n) is 0.778. The number of alkyl halides is 3. The van der Waals surface area contributed by atoms with Crippen LogP contribution in [-0.4, -0.2) is 38.6 Å². The molecule has 0 spiro atoms. The van der Waals surface area contributed by atoms with Crippen LogP contribution in [0.15, 0.2) is 0 Å². The molecule has 0 aliphatic heterocycles. The molecule has 0 bridgehead atoms. The van der Waals surface area contributed by atoms with E-state index in [9.17, 15) is 22.5 Å². The van der Waals surface area contributed by atoms with E-state index in [1.807, 2.05) is 0 Å². The minimum Gasteiger partial charge on any atom is -0.598 e. The van der Waals surface area contributed by atoms with Crippen molar-refractivity contribution in [2.24, 2.45) is 5.73 Å². The predicted octanol–water partition coefficient (Wildman–Crippen LogP) is 0.381. The average molecular weight is 276 g/mol. The van der Waals surface area contributed by atoms with Gasteiger partial charge in [0.25, 0.3) is 0 Å². The smallest absolute Gasteiger partial charge is 0.410 e. The van der Waals surface area contributed by atoms with Gasteiger partial charge in [0, 0.05) is 11.4 Å². The minimum atomic E-state index is -4.89. The Morgan fingerprint density at radius 1 is 1.41 bits per heavy atom. The maximum atomic E-state index is 12.5. The number of carboxylic acids is 1. The summed E-state index contributed by atoms with van der Waals surface area (Å²) in [5.41, 5.74) is 4.92. The largest absolute Gasteiger partial charge is 0.598 e. The van der Waals surface area contributed by atoms with Crippen LogP contribution in [0.2, 0.25) is 0 Å². The number of hydrogen-bond acceptors (Lipinski definition) is 4. The first-order chi connectivity index (χ1) is 7.37. The number of nitrogens with one attached hydrogen (secondary N) is 1. The molecule has 0 aromatic heterocycles. The van der Waals surface area contributed by atoms with E-state index in [-0.39, 0.29) is 0 Å². The summed E-state index contributed by atoms with van der Waals surface area (Å²) in [6.07, 6.45) is -4.89. The van der Waals surface area contributed by atoms with Crippen LogP contribution in [0.3, 0.4) is 0 Å². The van der Waals surface area contributed by atoms with E-state index in [0.29, 0.717) is 0 Å². The minimum absolute atomic E-state index is 0.957. The zero-order chi connectivity index (χ0) is 14.0. The molecule has 17 heavy (non-hydrogen) atoms. The monoisotopic (exact) mass is 276 g/mol. The molecule has 0 aromatic carbocycles. The van der Waals surface area contributed by atoms with Gasteiger partial charge in [-0.3, -0.25) is 4.79 Å². The van der Waals surface area contributed by atoms with Crippen LogP contribution in [-0.2, 0) is 16.2 Å². The molecular formula is C8H15F3N2O3S. The van der Waals surface area contributed by atoms with Crippen LogP contribution in [0.1, 0.15) is 20.8 Å². The predicted molar refractivity (Wildman–Crippen MR) is 56.5 cm³/mol. The van der Waals surface area contributed by atoms with Gasteiger partial charge in [0.2, 0.25) is 0 Å². The fourth-order valence-corrected chi connectivity index (χ4v) is 1.64. The molecule has 0 fully saturated rings. The summed E-state index contributed by atoms with van der Waals surface area (Å²) in [5.74, 6) is -1.81. The van der Waals surface area contributed by atoms with Crippen LogP contribution in [0.5, 0.6) is 0 Å². The van der Waals surface area contributed by atoms with Crippen molar-refractivity contribution in [3.05, 3.63) is 0 Å². The van der Waals surface area contributed by atoms with Crippen molar-refractivity contribution < 1.29 is 27.6 Å². The SMILES string of the molecule is CC(C)(C)[S+]([O-])N[C@@H]([C@H](N)C(=O)O)C(F)(F)F. The van der Waals surface area contributed by atoms with Crippen LogP contribution < -0.4 is 10.5 Å². The Balaban J connectivity index is 4.92. The maximum absolute atomic E-state index is 12.5. The quantitative estimate of drug-likeness (QED) is 0.645. The lowest BCUT2D eigenvalue weighted by Crippen LogP contribution is -2.61. The number of halogens is 3. The standard InChI is InChI=1S/C8H15F3N2O3S/c1-7(2,3)17(16)13-5(8(9,10)11)4(12)6(14)15/h4-5,13H,12H2,1-3H3,(H,14,15)/t4-,5-,17?/m0/s1. The van der Waals surface area contributed by atoms with E-state index < -0.39 is 40.3 Å². The Hall–Kier alpha value is -0.510. The van der Waals surface area contributed by atoms with Gasteiger partial charge in [-0.15, -0.1) is 4.72 Å². The number of rotatable bonds is 4. The lowest BCUT2D eigenvalue weighted by atomic mass is 10.1. The topological polar surface area (TPSA) is 98.4 Å². The number of hydrogen-bond donors (Lipinski definition) is 3. The summed E-state index contributed by atoms with van der Waals surface area (Å²) in [6, 6.07) is -4.76. The third-order valence-corrected chi connectivity index (χ3v) is 3.37. The van der Waals surface area contributed by atoms with E-state index in [1.165, 1.54) is 20.8 Å². The third-order valence-electron chi connectivity index (χ3n) is 1.79. The summed E-state index contributed by atoms with van der Waals surface area (Å²) >= 11 is -2.06. The molecule has 3 atom stereocenters. The van der Waals surface area contributed by atoms with E-state index in [2.05, 4.69) is 0 Å². The number of aliphatic carboxylic acids is 1. The Kier molecular flexibility index (Phi) is 5.26. The highest BCUT2D eigenvalue weighted by Gasteiger charge is 2.50. The summed E-state index contributed by atoms with van der Waals surface area (Å²) < 4.78 is 49.9. The molecule has 0 aliphatic carbocycles. The van der Waals surface area contributed by atoms with Crippen molar-refractivity contribution in [2.45, 2.75) is 43.8 Å². The highest BCUT2D eigenvalue weighted by molar-refractivity contribution is 7.90. The van der Waals surface area contributed by atoms with Crippen LogP contribution in [0.25, 0.3) is 0 Å². The number of carbonyl (C=O) groups is 1. The Morgan fingerprint density at radius 3 is 2.06 bits per heavy atom. The van der Waals surface area contributed by atoms with Crippen molar-refractivity contribution in [3.63, 3.8) is 0 Å². The summed E-state index contributed by atoms with van der Waals surface area (Å²) in [6.45, 7) is 4.36. The summed E-state index contributed by atoms with van der Waals surface area (Å²) in [4.78, 5) is 10.5. The van der Waals surface area contributed by atoms with Gasteiger partial charge < -0.3 is 15.4 Å². The molecule has 0 aromatic rings. The van der Waals surface area contributed by atoms with Gasteiger partial charge in [-0.2, -0.15) is 13.2 Å². The van der Waals surface area contributed by atoms with Gasteiger partial charge in [0.1, 0.15) is 10.8 Å². The van der Waals surface area contributed by atoms with Crippen LogP contribution >= 0.6 is 0 Å². The zero-order valence-corrected chi connectivity index (χ0v) is 10.4. The van der Waals surface area contributed by atoms with E-state index in [4.69, 9.17) is 10.8 Å². The highest BCUT2D eigenvalue weighted by Crippen LogP contribution is 2.25. The third kappa shape index (κ3) is 5.11. The van der Waals surface area contributed by atoms with Crippen molar-refractivity contribution in [3.8, 4) is 0 Å². The van der Waals surface area contributed by atoms with Crippen LogP contribution in [0, 0.1) is 0 Å². The maximum Gasteiger partial charge on any atom is 0.410 e. The van der Waals surface area contributed by atoms with Crippen molar-refractivity contribution >= 4 is 17.3 Å². The Labute approximate surface area is 99.9 Å². The molecule has 5 nitrogen and oxygen atoms in total. The van der Waals surface area contributed by atoms with Crippen molar-refractivity contribution in [1.29, 1.82) is 0 Å². The second kappa shape index (κ2) is 5.42. The molecule has 0 saturated heterocycles. The molecule has 1 unspecified atom stereocenters. The first kappa shape index (κ1) is 16.5. The van der Waals surface area contributed by atoms with Gasteiger partial charge in [0.05, 0.1) is 0 Å². The lowest BCUT2D eigenvalue weighted by Gasteiger charge is -2.30. The zero-order valence-electron chi connectivity index (χ0n) is 9.54.